The van der Waals surface area contributed by atoms with Gasteiger partial charge in [-0.2, -0.15) is 0 Å². The van der Waals surface area contributed by atoms with Crippen LogP contribution in [0.25, 0.3) is 0 Å². The van der Waals surface area contributed by atoms with Crippen molar-refractivity contribution < 1.29 is 4.39 Å². The minimum atomic E-state index is -0.412. The number of hydrogen-bond donors (Lipinski definition) is 0. The summed E-state index contributed by atoms with van der Waals surface area (Å²) < 4.78 is 12.9. The summed E-state index contributed by atoms with van der Waals surface area (Å²) in [6.45, 7) is 7.34. The molecular weight excluding hydrogens is 175 g/mol. The van der Waals surface area contributed by atoms with E-state index < -0.39 is 5.82 Å². The molecule has 0 nitrogen and oxygen atoms in total. The van der Waals surface area contributed by atoms with E-state index in [0.29, 0.717) is 0 Å². The first-order valence-electron chi connectivity index (χ1n) is 3.55. The zero-order chi connectivity index (χ0) is 9.14. The standard InChI is InChI=1S/C10H9ClF/c1-3-7(2)8-4-5-9(11)10(12)6-8/h3-7H,1-2H2. The van der Waals surface area contributed by atoms with E-state index in [4.69, 9.17) is 11.6 Å². The molecule has 0 heterocycles. The Kier molecular flexibility index (Phi) is 2.88. The van der Waals surface area contributed by atoms with Crippen LogP contribution >= 0.6 is 11.6 Å². The van der Waals surface area contributed by atoms with Crippen molar-refractivity contribution in [3.63, 3.8) is 0 Å². The summed E-state index contributed by atoms with van der Waals surface area (Å²) >= 11 is 5.51. The van der Waals surface area contributed by atoms with Gasteiger partial charge in [0.25, 0.3) is 0 Å². The predicted octanol–water partition coefficient (Wildman–Crippen LogP) is 3.58. The molecule has 0 aromatic heterocycles. The van der Waals surface area contributed by atoms with E-state index in [9.17, 15) is 4.39 Å². The molecule has 0 saturated heterocycles. The third kappa shape index (κ3) is 1.86. The minimum absolute atomic E-state index is 0.0863. The van der Waals surface area contributed by atoms with Gasteiger partial charge in [0.1, 0.15) is 5.82 Å². The Morgan fingerprint density at radius 2 is 2.17 bits per heavy atom. The lowest BCUT2D eigenvalue weighted by Gasteiger charge is -2.05. The van der Waals surface area contributed by atoms with Crippen LogP contribution in [-0.2, 0) is 0 Å². The van der Waals surface area contributed by atoms with Gasteiger partial charge >= 0.3 is 0 Å². The summed E-state index contributed by atoms with van der Waals surface area (Å²) in [6.07, 6.45) is 1.66. The van der Waals surface area contributed by atoms with Crippen molar-refractivity contribution in [1.82, 2.24) is 0 Å². The van der Waals surface area contributed by atoms with Crippen LogP contribution in [0, 0.1) is 12.7 Å². The second kappa shape index (κ2) is 3.72. The predicted molar refractivity (Wildman–Crippen MR) is 49.7 cm³/mol. The summed E-state index contributed by atoms with van der Waals surface area (Å²) in [7, 11) is 0. The van der Waals surface area contributed by atoms with Crippen LogP contribution in [0.3, 0.4) is 0 Å². The highest BCUT2D eigenvalue weighted by molar-refractivity contribution is 6.30. The van der Waals surface area contributed by atoms with Crippen LogP contribution in [0.2, 0.25) is 5.02 Å². The fourth-order valence-corrected chi connectivity index (χ4v) is 0.997. The van der Waals surface area contributed by atoms with Crippen molar-refractivity contribution in [2.45, 2.75) is 5.92 Å². The lowest BCUT2D eigenvalue weighted by molar-refractivity contribution is 0.626. The largest absolute Gasteiger partial charge is 0.205 e. The average Bonchev–Trinajstić information content (AvgIpc) is 2.08. The molecule has 12 heavy (non-hydrogen) atoms. The van der Waals surface area contributed by atoms with Crippen LogP contribution in [0.15, 0.2) is 30.9 Å². The van der Waals surface area contributed by atoms with Gasteiger partial charge in [0.2, 0.25) is 0 Å². The topological polar surface area (TPSA) is 0 Å². The SMILES string of the molecule is [CH2]C(C=C)c1ccc(Cl)c(F)c1. The van der Waals surface area contributed by atoms with E-state index in [0.717, 1.165) is 5.56 Å². The minimum Gasteiger partial charge on any atom is -0.205 e. The van der Waals surface area contributed by atoms with Crippen molar-refractivity contribution in [3.8, 4) is 0 Å². The van der Waals surface area contributed by atoms with Crippen molar-refractivity contribution in [2.75, 3.05) is 0 Å². The molecule has 0 amide bonds. The van der Waals surface area contributed by atoms with Gasteiger partial charge in [-0.25, -0.2) is 4.39 Å². The molecule has 0 fully saturated rings. The van der Waals surface area contributed by atoms with Gasteiger partial charge < -0.3 is 0 Å². The van der Waals surface area contributed by atoms with Gasteiger partial charge in [-0.05, 0) is 24.6 Å². The Hall–Kier alpha value is -0.820. The molecule has 0 bridgehead atoms. The first-order valence-corrected chi connectivity index (χ1v) is 3.93. The number of benzene rings is 1. The van der Waals surface area contributed by atoms with E-state index in [1.54, 1.807) is 12.1 Å². The molecule has 1 radical (unpaired) electrons. The number of halogens is 2. The smallest absolute Gasteiger partial charge is 0.142 e. The van der Waals surface area contributed by atoms with Crippen molar-refractivity contribution in [2.24, 2.45) is 0 Å². The monoisotopic (exact) mass is 183 g/mol. The molecule has 0 N–H and O–H groups in total. The normalized spacial score (nSPS) is 12.6. The van der Waals surface area contributed by atoms with Gasteiger partial charge in [-0.3, -0.25) is 0 Å². The molecule has 63 valence electrons. The van der Waals surface area contributed by atoms with Gasteiger partial charge in [0.05, 0.1) is 5.02 Å². The Morgan fingerprint density at radius 1 is 1.50 bits per heavy atom. The zero-order valence-corrected chi connectivity index (χ0v) is 7.31. The van der Waals surface area contributed by atoms with Crippen LogP contribution in [0.5, 0.6) is 0 Å². The molecule has 1 atom stereocenters. The molecule has 0 saturated carbocycles. The van der Waals surface area contributed by atoms with Crippen LogP contribution < -0.4 is 0 Å². The first-order chi connectivity index (χ1) is 5.65. The maximum atomic E-state index is 12.9. The third-order valence-corrected chi connectivity index (χ3v) is 1.96. The molecule has 1 unspecified atom stereocenters. The van der Waals surface area contributed by atoms with Crippen molar-refractivity contribution >= 4 is 11.6 Å². The lowest BCUT2D eigenvalue weighted by Crippen LogP contribution is -1.90. The Morgan fingerprint density at radius 3 is 2.67 bits per heavy atom. The third-order valence-electron chi connectivity index (χ3n) is 1.66. The van der Waals surface area contributed by atoms with E-state index in [1.165, 1.54) is 12.1 Å². The van der Waals surface area contributed by atoms with Gasteiger partial charge in [0.15, 0.2) is 0 Å². The van der Waals surface area contributed by atoms with E-state index >= 15 is 0 Å². The summed E-state index contributed by atoms with van der Waals surface area (Å²) in [4.78, 5) is 0. The second-order valence-electron chi connectivity index (χ2n) is 2.52. The Bertz CT molecular complexity index is 294. The zero-order valence-electron chi connectivity index (χ0n) is 6.56. The second-order valence-corrected chi connectivity index (χ2v) is 2.92. The maximum absolute atomic E-state index is 12.9. The number of allylic oxidation sites excluding steroid dienone is 1. The van der Waals surface area contributed by atoms with E-state index in [1.807, 2.05) is 0 Å². The number of hydrogen-bond acceptors (Lipinski definition) is 0. The molecule has 1 rings (SSSR count). The fourth-order valence-electron chi connectivity index (χ4n) is 0.879. The van der Waals surface area contributed by atoms with E-state index in [2.05, 4.69) is 13.5 Å². The molecule has 1 aromatic carbocycles. The van der Waals surface area contributed by atoms with Gasteiger partial charge in [0, 0.05) is 5.92 Å². The summed E-state index contributed by atoms with van der Waals surface area (Å²) in [5.41, 5.74) is 0.784. The fraction of sp³-hybridized carbons (Fsp3) is 0.100. The Balaban J connectivity index is 3.04. The molecule has 0 aliphatic rings. The summed E-state index contributed by atoms with van der Waals surface area (Å²) in [5, 5.41) is 0.134. The highest BCUT2D eigenvalue weighted by Crippen LogP contribution is 2.21. The summed E-state index contributed by atoms with van der Waals surface area (Å²) in [5.74, 6) is -0.499. The maximum Gasteiger partial charge on any atom is 0.142 e. The average molecular weight is 184 g/mol. The van der Waals surface area contributed by atoms with Crippen LogP contribution in [0.1, 0.15) is 11.5 Å². The summed E-state index contributed by atoms with van der Waals surface area (Å²) in [6, 6.07) is 4.64. The molecule has 0 aliphatic heterocycles. The highest BCUT2D eigenvalue weighted by Gasteiger charge is 2.04. The van der Waals surface area contributed by atoms with E-state index in [-0.39, 0.29) is 10.9 Å². The van der Waals surface area contributed by atoms with Crippen molar-refractivity contribution in [3.05, 3.63) is 54.2 Å². The quantitative estimate of drug-likeness (QED) is 0.615. The molecule has 1 aromatic rings. The lowest BCUT2D eigenvalue weighted by atomic mass is 10.0. The van der Waals surface area contributed by atoms with Crippen molar-refractivity contribution in [1.29, 1.82) is 0 Å². The Labute approximate surface area is 76.7 Å². The molecular formula is C10H9ClF. The van der Waals surface area contributed by atoms with Gasteiger partial charge in [-0.15, -0.1) is 6.58 Å². The number of rotatable bonds is 2. The molecule has 0 spiro atoms. The van der Waals surface area contributed by atoms with Gasteiger partial charge in [-0.1, -0.05) is 23.7 Å². The van der Waals surface area contributed by atoms with Crippen LogP contribution in [0.4, 0.5) is 4.39 Å². The highest BCUT2D eigenvalue weighted by atomic mass is 35.5. The molecule has 2 heteroatoms. The first kappa shape index (κ1) is 9.27. The van der Waals surface area contributed by atoms with Crippen LogP contribution in [-0.4, -0.2) is 0 Å². The molecule has 0 aliphatic carbocycles.